The van der Waals surface area contributed by atoms with Crippen LogP contribution in [0, 0.1) is 0 Å². The Balaban J connectivity index is 2.38. The monoisotopic (exact) mass is 397 g/mol. The highest BCUT2D eigenvalue weighted by molar-refractivity contribution is 6.00. The topological polar surface area (TPSA) is 124 Å². The molecule has 0 amide bonds. The van der Waals surface area contributed by atoms with Gasteiger partial charge in [-0.3, -0.25) is 14.4 Å². The summed E-state index contributed by atoms with van der Waals surface area (Å²) in [5.41, 5.74) is -0.121. The zero-order chi connectivity index (χ0) is 21.3. The van der Waals surface area contributed by atoms with Gasteiger partial charge in [-0.05, 0) is 44.5 Å². The van der Waals surface area contributed by atoms with Gasteiger partial charge in [0, 0.05) is 5.56 Å². The summed E-state index contributed by atoms with van der Waals surface area (Å²) in [6.45, 7) is 4.73. The molecule has 0 saturated heterocycles. The van der Waals surface area contributed by atoms with E-state index >= 15 is 0 Å². The van der Waals surface area contributed by atoms with E-state index in [1.54, 1.807) is 13.8 Å². The molecule has 150 valence electrons. The lowest BCUT2D eigenvalue weighted by Gasteiger charge is -2.14. The van der Waals surface area contributed by atoms with Crippen molar-refractivity contribution in [2.45, 2.75) is 33.1 Å². The van der Waals surface area contributed by atoms with Crippen molar-refractivity contribution in [2.24, 2.45) is 0 Å². The second kappa shape index (κ2) is 7.83. The summed E-state index contributed by atoms with van der Waals surface area (Å²) < 4.78 is 10.7. The van der Waals surface area contributed by atoms with Crippen molar-refractivity contribution in [1.82, 2.24) is 4.98 Å². The third-order valence-corrected chi connectivity index (χ3v) is 4.63. The van der Waals surface area contributed by atoms with Crippen molar-refractivity contribution in [1.29, 1.82) is 0 Å². The van der Waals surface area contributed by atoms with Gasteiger partial charge in [-0.25, -0.2) is 9.78 Å². The van der Waals surface area contributed by atoms with Crippen LogP contribution >= 0.6 is 0 Å². The molecule has 0 fully saturated rings. The van der Waals surface area contributed by atoms with E-state index < -0.39 is 23.3 Å². The highest BCUT2D eigenvalue weighted by Gasteiger charge is 2.28. The Bertz CT molecular complexity index is 1210. The van der Waals surface area contributed by atoms with Gasteiger partial charge in [0.1, 0.15) is 5.58 Å². The number of esters is 1. The average molecular weight is 397 g/mol. The molecule has 0 aliphatic heterocycles. The first kappa shape index (κ1) is 20.2. The van der Waals surface area contributed by atoms with Crippen LogP contribution in [0.5, 0.6) is 0 Å². The quantitative estimate of drug-likeness (QED) is 0.382. The van der Waals surface area contributed by atoms with Gasteiger partial charge in [-0.1, -0.05) is 6.92 Å². The molecule has 0 saturated carbocycles. The number of aliphatic carboxylic acids is 1. The number of carbonyl (C=O) groups excluding carboxylic acids is 2. The molecule has 1 atom stereocenters. The van der Waals surface area contributed by atoms with Crippen LogP contribution in [0.25, 0.3) is 22.1 Å². The first-order chi connectivity index (χ1) is 13.8. The summed E-state index contributed by atoms with van der Waals surface area (Å²) in [4.78, 5) is 53.0. The predicted octanol–water partition coefficient (Wildman–Crippen LogP) is 3.30. The van der Waals surface area contributed by atoms with Gasteiger partial charge in [0.15, 0.2) is 5.78 Å². The molecule has 1 unspecified atom stereocenters. The van der Waals surface area contributed by atoms with Crippen LogP contribution < -0.4 is 5.43 Å². The number of ether oxygens (including phenoxy) is 1. The lowest BCUT2D eigenvalue weighted by molar-refractivity contribution is -0.138. The fraction of sp³-hybridized carbons (Fsp3) is 0.286. The van der Waals surface area contributed by atoms with Crippen LogP contribution in [0.4, 0.5) is 0 Å². The van der Waals surface area contributed by atoms with Crippen LogP contribution in [0.1, 0.15) is 59.5 Å². The minimum Gasteiger partial charge on any atom is -0.481 e. The Labute approximate surface area is 165 Å². The molecular weight excluding hydrogens is 378 g/mol. The van der Waals surface area contributed by atoms with Crippen LogP contribution in [-0.4, -0.2) is 34.4 Å². The van der Waals surface area contributed by atoms with E-state index in [-0.39, 0.29) is 52.1 Å². The van der Waals surface area contributed by atoms with E-state index in [1.165, 1.54) is 31.2 Å². The molecule has 2 heterocycles. The van der Waals surface area contributed by atoms with Gasteiger partial charge in [0.2, 0.25) is 11.1 Å². The number of ketones is 1. The zero-order valence-electron chi connectivity index (χ0n) is 16.1. The molecule has 1 N–H and O–H groups in total. The summed E-state index contributed by atoms with van der Waals surface area (Å²) in [5.74, 6) is -3.20. The van der Waals surface area contributed by atoms with E-state index in [0.717, 1.165) is 0 Å². The second-order valence-electron chi connectivity index (χ2n) is 6.49. The van der Waals surface area contributed by atoms with Gasteiger partial charge < -0.3 is 14.3 Å². The highest BCUT2D eigenvalue weighted by atomic mass is 16.5. The maximum Gasteiger partial charge on any atom is 0.340 e. The standard InChI is InChI=1S/C21H19NO7/c1-4-12(20(25)26)17-14(21(27)28-5-2)9-15-18(24)13-8-11(10(3)23)6-7-16(13)29-19(15)22-17/h6-9,12H,4-5H2,1-3H3,(H,25,26). The minimum atomic E-state index is -1.15. The maximum atomic E-state index is 13.0. The number of rotatable bonds is 6. The summed E-state index contributed by atoms with van der Waals surface area (Å²) in [7, 11) is 0. The number of pyridine rings is 1. The van der Waals surface area contributed by atoms with Crippen LogP contribution in [0.2, 0.25) is 0 Å². The van der Waals surface area contributed by atoms with Gasteiger partial charge in [-0.2, -0.15) is 0 Å². The molecule has 0 aliphatic carbocycles. The minimum absolute atomic E-state index is 0.00486. The van der Waals surface area contributed by atoms with Crippen molar-refractivity contribution >= 4 is 39.8 Å². The number of hydrogen-bond donors (Lipinski definition) is 1. The Morgan fingerprint density at radius 3 is 2.48 bits per heavy atom. The normalized spacial score (nSPS) is 12.1. The number of Topliss-reactive ketones (excluding diaryl/α,β-unsaturated/α-hetero) is 1. The predicted molar refractivity (Wildman–Crippen MR) is 104 cm³/mol. The number of carboxylic acids is 1. The van der Waals surface area contributed by atoms with E-state index in [9.17, 15) is 24.3 Å². The molecule has 3 aromatic rings. The highest BCUT2D eigenvalue weighted by Crippen LogP contribution is 2.27. The van der Waals surface area contributed by atoms with Gasteiger partial charge >= 0.3 is 11.9 Å². The zero-order valence-corrected chi connectivity index (χ0v) is 16.1. The summed E-state index contributed by atoms with van der Waals surface area (Å²) in [6.07, 6.45) is 0.181. The molecule has 29 heavy (non-hydrogen) atoms. The summed E-state index contributed by atoms with van der Waals surface area (Å²) >= 11 is 0. The van der Waals surface area contributed by atoms with Crippen molar-refractivity contribution in [3.05, 3.63) is 51.3 Å². The fourth-order valence-corrected chi connectivity index (χ4v) is 3.14. The lowest BCUT2D eigenvalue weighted by atomic mass is 9.96. The number of carbonyl (C=O) groups is 3. The summed E-state index contributed by atoms with van der Waals surface area (Å²) in [6, 6.07) is 5.70. The molecule has 0 spiro atoms. The summed E-state index contributed by atoms with van der Waals surface area (Å²) in [5, 5.41) is 9.70. The molecular formula is C21H19NO7. The number of aromatic nitrogens is 1. The molecule has 3 rings (SSSR count). The maximum absolute atomic E-state index is 13.0. The number of fused-ring (bicyclic) bond motifs is 2. The Morgan fingerprint density at radius 2 is 1.90 bits per heavy atom. The van der Waals surface area contributed by atoms with E-state index in [2.05, 4.69) is 4.98 Å². The molecule has 1 aromatic carbocycles. The molecule has 0 radical (unpaired) electrons. The Morgan fingerprint density at radius 1 is 1.17 bits per heavy atom. The number of nitrogens with zero attached hydrogens (tertiary/aromatic N) is 1. The van der Waals surface area contributed by atoms with Crippen LogP contribution in [0.15, 0.2) is 33.5 Å². The molecule has 8 heteroatoms. The van der Waals surface area contributed by atoms with Gasteiger partial charge in [-0.15, -0.1) is 0 Å². The fourth-order valence-electron chi connectivity index (χ4n) is 3.14. The first-order valence-electron chi connectivity index (χ1n) is 9.10. The van der Waals surface area contributed by atoms with Crippen molar-refractivity contribution in [3.63, 3.8) is 0 Å². The number of benzene rings is 1. The number of carboxylic acid groups (broad SMARTS) is 1. The van der Waals surface area contributed by atoms with E-state index in [0.29, 0.717) is 5.56 Å². The average Bonchev–Trinajstić information content (AvgIpc) is 2.68. The Kier molecular flexibility index (Phi) is 5.45. The molecule has 0 aliphatic rings. The van der Waals surface area contributed by atoms with Crippen molar-refractivity contribution < 1.29 is 28.6 Å². The third kappa shape index (κ3) is 3.61. The van der Waals surface area contributed by atoms with Gasteiger partial charge in [0.25, 0.3) is 0 Å². The van der Waals surface area contributed by atoms with E-state index in [1.807, 2.05) is 0 Å². The van der Waals surface area contributed by atoms with E-state index in [4.69, 9.17) is 9.15 Å². The van der Waals surface area contributed by atoms with Crippen molar-refractivity contribution in [2.75, 3.05) is 6.61 Å². The largest absolute Gasteiger partial charge is 0.481 e. The first-order valence-corrected chi connectivity index (χ1v) is 9.10. The molecule has 8 nitrogen and oxygen atoms in total. The van der Waals surface area contributed by atoms with Crippen molar-refractivity contribution in [3.8, 4) is 0 Å². The van der Waals surface area contributed by atoms with Crippen LogP contribution in [0.3, 0.4) is 0 Å². The van der Waals surface area contributed by atoms with Crippen LogP contribution in [-0.2, 0) is 9.53 Å². The lowest BCUT2D eigenvalue weighted by Crippen LogP contribution is -2.19. The smallest absolute Gasteiger partial charge is 0.340 e. The Hall–Kier alpha value is -3.55. The molecule has 2 aromatic heterocycles. The number of hydrogen-bond acceptors (Lipinski definition) is 7. The second-order valence-corrected chi connectivity index (χ2v) is 6.49. The molecule has 0 bridgehead atoms. The van der Waals surface area contributed by atoms with Gasteiger partial charge in [0.05, 0.1) is 34.6 Å². The third-order valence-electron chi connectivity index (χ3n) is 4.63. The SMILES string of the molecule is CCOC(=O)c1cc2c(=O)c3cc(C(C)=O)ccc3oc2nc1C(CC)C(=O)O.